The molecule has 0 unspecified atom stereocenters. The van der Waals surface area contributed by atoms with Gasteiger partial charge in [-0.3, -0.25) is 4.79 Å². The topological polar surface area (TPSA) is 38.8 Å². The molecule has 1 aliphatic rings. The van der Waals surface area contributed by atoms with E-state index >= 15 is 0 Å². The van der Waals surface area contributed by atoms with Crippen LogP contribution in [0, 0.1) is 0 Å². The molecule has 1 aromatic carbocycles. The number of methoxy groups -OCH3 is 1. The van der Waals surface area contributed by atoms with E-state index in [2.05, 4.69) is 0 Å². The maximum atomic E-state index is 11.4. The summed E-state index contributed by atoms with van der Waals surface area (Å²) < 4.78 is 9.88. The van der Waals surface area contributed by atoms with Gasteiger partial charge in [-0.15, -0.1) is 0 Å². The second-order valence-corrected chi connectivity index (χ2v) is 2.91. The lowest BCUT2D eigenvalue weighted by atomic mass is 10.1. The first-order valence-corrected chi connectivity index (χ1v) is 4.11. The molecule has 0 aliphatic carbocycles. The molecule has 0 bridgehead atoms. The largest absolute Gasteiger partial charge is 0.497 e. The van der Waals surface area contributed by atoms with E-state index in [4.69, 9.17) is 9.47 Å². The number of hydrogen-bond donors (Lipinski definition) is 0. The Morgan fingerprint density at radius 2 is 2.08 bits per heavy atom. The Balaban J connectivity index is 2.16. The molecule has 0 radical (unpaired) electrons. The fourth-order valence-corrected chi connectivity index (χ4v) is 1.14. The first kappa shape index (κ1) is 8.26. The Kier molecular flexibility index (Phi) is 2.02. The van der Waals surface area contributed by atoms with Gasteiger partial charge in [-0.2, -0.15) is 0 Å². The van der Waals surface area contributed by atoms with Gasteiger partial charge in [-0.25, -0.2) is 0 Å². The van der Waals surface area contributed by atoms with Crippen molar-refractivity contribution < 1.29 is 14.3 Å². The Morgan fingerprint density at radius 3 is 2.54 bits per heavy atom. The minimum Gasteiger partial charge on any atom is -0.497 e. The van der Waals surface area contributed by atoms with Crippen molar-refractivity contribution in [1.82, 2.24) is 0 Å². The summed E-state index contributed by atoms with van der Waals surface area (Å²) in [4.78, 5) is 11.4. The van der Waals surface area contributed by atoms with E-state index in [0.717, 1.165) is 5.75 Å². The lowest BCUT2D eigenvalue weighted by Gasteiger charge is -2.00. The predicted molar refractivity (Wildman–Crippen MR) is 47.1 cm³/mol. The fraction of sp³-hybridized carbons (Fsp3) is 0.300. The zero-order chi connectivity index (χ0) is 9.26. The molecule has 1 aliphatic heterocycles. The number of hydrogen-bond acceptors (Lipinski definition) is 3. The number of carbonyl (C=O) groups is 1. The van der Waals surface area contributed by atoms with Gasteiger partial charge in [-0.05, 0) is 24.3 Å². The summed E-state index contributed by atoms with van der Waals surface area (Å²) in [5.41, 5.74) is 0.684. The van der Waals surface area contributed by atoms with Crippen LogP contribution < -0.4 is 4.74 Å². The summed E-state index contributed by atoms with van der Waals surface area (Å²) >= 11 is 0. The highest BCUT2D eigenvalue weighted by molar-refractivity contribution is 6.00. The van der Waals surface area contributed by atoms with Crippen molar-refractivity contribution >= 4 is 5.78 Å². The van der Waals surface area contributed by atoms with Crippen LogP contribution in [-0.4, -0.2) is 25.6 Å². The maximum absolute atomic E-state index is 11.4. The fourth-order valence-electron chi connectivity index (χ4n) is 1.14. The lowest BCUT2D eigenvalue weighted by Crippen LogP contribution is -2.06. The molecule has 3 heteroatoms. The summed E-state index contributed by atoms with van der Waals surface area (Å²) in [6, 6.07) is 7.05. The van der Waals surface area contributed by atoms with Crippen molar-refractivity contribution in [3.05, 3.63) is 29.8 Å². The van der Waals surface area contributed by atoms with E-state index in [1.807, 2.05) is 0 Å². The van der Waals surface area contributed by atoms with Crippen molar-refractivity contribution in [1.29, 1.82) is 0 Å². The lowest BCUT2D eigenvalue weighted by molar-refractivity contribution is 0.0953. The third-order valence-electron chi connectivity index (χ3n) is 2.00. The van der Waals surface area contributed by atoms with E-state index in [0.29, 0.717) is 12.2 Å². The summed E-state index contributed by atoms with van der Waals surface area (Å²) in [5, 5.41) is 0. The summed E-state index contributed by atoms with van der Waals surface area (Å²) in [7, 11) is 1.60. The van der Waals surface area contributed by atoms with Crippen LogP contribution in [-0.2, 0) is 4.74 Å². The van der Waals surface area contributed by atoms with Crippen LogP contribution in [0.25, 0.3) is 0 Å². The second kappa shape index (κ2) is 3.18. The van der Waals surface area contributed by atoms with Gasteiger partial charge in [0.1, 0.15) is 11.9 Å². The smallest absolute Gasteiger partial charge is 0.193 e. The maximum Gasteiger partial charge on any atom is 0.193 e. The normalized spacial score (nSPS) is 19.6. The first-order valence-electron chi connectivity index (χ1n) is 4.11. The quantitative estimate of drug-likeness (QED) is 0.517. The third kappa shape index (κ3) is 1.70. The number of Topliss-reactive ketones (excluding diaryl/α,β-unsaturated/α-hetero) is 1. The molecule has 2 rings (SSSR count). The minimum absolute atomic E-state index is 0.0580. The molecule has 1 aromatic rings. The molecule has 0 amide bonds. The van der Waals surface area contributed by atoms with Crippen molar-refractivity contribution in [3.63, 3.8) is 0 Å². The van der Waals surface area contributed by atoms with E-state index in [1.165, 1.54) is 0 Å². The van der Waals surface area contributed by atoms with Crippen molar-refractivity contribution in [3.8, 4) is 5.75 Å². The number of epoxide rings is 1. The highest BCUT2D eigenvalue weighted by Gasteiger charge is 2.31. The Hall–Kier alpha value is -1.35. The molecule has 3 nitrogen and oxygen atoms in total. The van der Waals surface area contributed by atoms with Crippen LogP contribution in [0.15, 0.2) is 24.3 Å². The average Bonchev–Trinajstić information content (AvgIpc) is 3.00. The molecule has 68 valence electrons. The van der Waals surface area contributed by atoms with Crippen LogP contribution in [0.1, 0.15) is 10.4 Å². The molecule has 0 aromatic heterocycles. The molecular formula is C10H10O3. The van der Waals surface area contributed by atoms with Crippen molar-refractivity contribution in [2.24, 2.45) is 0 Å². The zero-order valence-corrected chi connectivity index (χ0v) is 7.32. The number of benzene rings is 1. The highest BCUT2D eigenvalue weighted by Crippen LogP contribution is 2.18. The summed E-state index contributed by atoms with van der Waals surface area (Å²) in [6.45, 7) is 0.560. The third-order valence-corrected chi connectivity index (χ3v) is 2.00. The standard InChI is InChI=1S/C10H10O3/c1-12-8-4-2-7(3-5-8)10(11)9-6-13-9/h2-5,9H,6H2,1H3/t9-/m0/s1. The van der Waals surface area contributed by atoms with Crippen molar-refractivity contribution in [2.75, 3.05) is 13.7 Å². The number of rotatable bonds is 3. The Labute approximate surface area is 76.3 Å². The summed E-state index contributed by atoms with van der Waals surface area (Å²) in [6.07, 6.45) is -0.201. The molecule has 0 saturated carbocycles. The monoisotopic (exact) mass is 178 g/mol. The SMILES string of the molecule is COc1ccc(C(=O)[C@@H]2CO2)cc1. The number of ether oxygens (including phenoxy) is 2. The van der Waals surface area contributed by atoms with E-state index < -0.39 is 0 Å². The Bertz CT molecular complexity index is 311. The molecule has 1 atom stereocenters. The predicted octanol–water partition coefficient (Wildman–Crippen LogP) is 1.28. The van der Waals surface area contributed by atoms with Gasteiger partial charge >= 0.3 is 0 Å². The highest BCUT2D eigenvalue weighted by atomic mass is 16.6. The average molecular weight is 178 g/mol. The van der Waals surface area contributed by atoms with Crippen LogP contribution in [0.4, 0.5) is 0 Å². The Morgan fingerprint density at radius 1 is 1.46 bits per heavy atom. The number of carbonyl (C=O) groups excluding carboxylic acids is 1. The van der Waals surface area contributed by atoms with Gasteiger partial charge in [0, 0.05) is 5.56 Å². The first-order chi connectivity index (χ1) is 6.31. The van der Waals surface area contributed by atoms with E-state index in [1.54, 1.807) is 31.4 Å². The summed E-state index contributed by atoms with van der Waals surface area (Å²) in [5.74, 6) is 0.816. The van der Waals surface area contributed by atoms with E-state index in [9.17, 15) is 4.79 Å². The zero-order valence-electron chi connectivity index (χ0n) is 7.32. The van der Waals surface area contributed by atoms with Crippen LogP contribution in [0.3, 0.4) is 0 Å². The van der Waals surface area contributed by atoms with Gasteiger partial charge in [-0.1, -0.05) is 0 Å². The molecule has 1 fully saturated rings. The van der Waals surface area contributed by atoms with Crippen molar-refractivity contribution in [2.45, 2.75) is 6.10 Å². The van der Waals surface area contributed by atoms with Crippen LogP contribution in [0.5, 0.6) is 5.75 Å². The molecule has 1 saturated heterocycles. The van der Waals surface area contributed by atoms with Gasteiger partial charge in [0.05, 0.1) is 13.7 Å². The second-order valence-electron chi connectivity index (χ2n) is 2.91. The van der Waals surface area contributed by atoms with Gasteiger partial charge in [0.15, 0.2) is 5.78 Å². The van der Waals surface area contributed by atoms with Crippen LogP contribution >= 0.6 is 0 Å². The molecule has 0 spiro atoms. The van der Waals surface area contributed by atoms with Gasteiger partial charge in [0.25, 0.3) is 0 Å². The van der Waals surface area contributed by atoms with Gasteiger partial charge < -0.3 is 9.47 Å². The van der Waals surface area contributed by atoms with Gasteiger partial charge in [0.2, 0.25) is 0 Å². The molecule has 1 heterocycles. The minimum atomic E-state index is -0.201. The number of ketones is 1. The molecular weight excluding hydrogens is 168 g/mol. The molecule has 0 N–H and O–H groups in total. The van der Waals surface area contributed by atoms with E-state index in [-0.39, 0.29) is 11.9 Å². The molecule has 13 heavy (non-hydrogen) atoms. The van der Waals surface area contributed by atoms with Crippen LogP contribution in [0.2, 0.25) is 0 Å².